The number of carbonyl (C=O) groups excluding carboxylic acids is 1. The minimum Gasteiger partial charge on any atom is -0.417 e. The summed E-state index contributed by atoms with van der Waals surface area (Å²) < 4.78 is 31.5. The zero-order chi connectivity index (χ0) is 26.7. The van der Waals surface area contributed by atoms with Crippen LogP contribution in [0.15, 0.2) is 43.0 Å². The lowest BCUT2D eigenvalue weighted by Crippen LogP contribution is -2.63. The lowest BCUT2D eigenvalue weighted by molar-refractivity contribution is -0.357. The van der Waals surface area contributed by atoms with Crippen LogP contribution in [-0.4, -0.2) is 72.0 Å². The van der Waals surface area contributed by atoms with Gasteiger partial charge in [0.15, 0.2) is 20.9 Å². The molecule has 1 aromatic rings. The molecule has 3 rings (SSSR count). The monoisotopic (exact) mass is 519 g/mol. The molecule has 2 aliphatic rings. The van der Waals surface area contributed by atoms with Crippen molar-refractivity contribution >= 4 is 14.2 Å². The molecular weight excluding hydrogens is 474 g/mol. The van der Waals surface area contributed by atoms with E-state index in [0.717, 1.165) is 5.56 Å². The van der Waals surface area contributed by atoms with Crippen LogP contribution in [-0.2, 0) is 28.2 Å². The molecule has 0 aliphatic carbocycles. The third-order valence-corrected chi connectivity index (χ3v) is 12.8. The highest BCUT2D eigenvalue weighted by Crippen LogP contribution is 2.52. The number of methoxy groups -OCH3 is 1. The number of benzene rings is 1. The van der Waals surface area contributed by atoms with E-state index in [1.165, 1.54) is 0 Å². The van der Waals surface area contributed by atoms with E-state index in [0.29, 0.717) is 19.6 Å². The second kappa shape index (κ2) is 11.5. The topological polar surface area (TPSA) is 66.5 Å². The maximum Gasteiger partial charge on any atom is 0.223 e. The lowest BCUT2D eigenvalue weighted by Gasteiger charge is -2.55. The zero-order valence-corrected chi connectivity index (χ0v) is 24.3. The van der Waals surface area contributed by atoms with Crippen LogP contribution in [0.3, 0.4) is 0 Å². The molecule has 0 bridgehead atoms. The molecule has 2 heterocycles. The van der Waals surface area contributed by atoms with Gasteiger partial charge >= 0.3 is 0 Å². The van der Waals surface area contributed by atoms with Crippen molar-refractivity contribution in [2.75, 3.05) is 34.4 Å². The molecule has 1 unspecified atom stereocenters. The quantitative estimate of drug-likeness (QED) is 0.332. The Kier molecular flexibility index (Phi) is 9.23. The maximum atomic E-state index is 13.2. The van der Waals surface area contributed by atoms with E-state index in [9.17, 15) is 4.79 Å². The van der Waals surface area contributed by atoms with Gasteiger partial charge < -0.3 is 28.3 Å². The van der Waals surface area contributed by atoms with Crippen LogP contribution in [0, 0.1) is 11.3 Å². The van der Waals surface area contributed by atoms with Crippen molar-refractivity contribution < 1.29 is 28.2 Å². The van der Waals surface area contributed by atoms with E-state index >= 15 is 0 Å². The van der Waals surface area contributed by atoms with Crippen molar-refractivity contribution in [1.29, 1.82) is 0 Å². The highest BCUT2D eigenvalue weighted by molar-refractivity contribution is 6.74. The third kappa shape index (κ3) is 5.95. The van der Waals surface area contributed by atoms with Gasteiger partial charge in [0.05, 0.1) is 12.7 Å². The van der Waals surface area contributed by atoms with Gasteiger partial charge in [-0.1, -0.05) is 57.2 Å². The predicted octanol–water partition coefficient (Wildman–Crippen LogP) is 5.15. The smallest absolute Gasteiger partial charge is 0.223 e. The van der Waals surface area contributed by atoms with Gasteiger partial charge in [-0.15, -0.1) is 6.58 Å². The van der Waals surface area contributed by atoms with Crippen molar-refractivity contribution in [2.45, 2.75) is 76.5 Å². The lowest BCUT2D eigenvalue weighted by atomic mass is 9.63. The van der Waals surface area contributed by atoms with Crippen molar-refractivity contribution in [3.8, 4) is 0 Å². The molecule has 1 aromatic carbocycles. The second-order valence-electron chi connectivity index (χ2n) is 11.7. The summed E-state index contributed by atoms with van der Waals surface area (Å²) in [5, 5.41) is 0.102. The van der Waals surface area contributed by atoms with Gasteiger partial charge in [0, 0.05) is 51.1 Å². The molecule has 202 valence electrons. The largest absolute Gasteiger partial charge is 0.417 e. The van der Waals surface area contributed by atoms with E-state index in [2.05, 4.69) is 40.4 Å². The summed E-state index contributed by atoms with van der Waals surface area (Å²) in [6, 6.07) is 9.85. The molecule has 0 saturated carbocycles. The van der Waals surface area contributed by atoms with Gasteiger partial charge in [-0.05, 0) is 24.6 Å². The Morgan fingerprint density at radius 1 is 1.22 bits per heavy atom. The molecule has 2 saturated heterocycles. The molecule has 7 nitrogen and oxygen atoms in total. The number of amides is 1. The highest BCUT2D eigenvalue weighted by atomic mass is 28.4. The summed E-state index contributed by atoms with van der Waals surface area (Å²) in [5.41, 5.74) is 0.206. The number of hydrogen-bond acceptors (Lipinski definition) is 6. The summed E-state index contributed by atoms with van der Waals surface area (Å²) in [7, 11) is 3.24. The number of ether oxygens (including phenoxy) is 4. The Morgan fingerprint density at radius 2 is 1.89 bits per heavy atom. The first-order chi connectivity index (χ1) is 16.9. The number of fused-ring (bicyclic) bond motifs is 1. The fraction of sp³-hybridized carbons (Fsp3) is 0.679. The van der Waals surface area contributed by atoms with Gasteiger partial charge in [-0.25, -0.2) is 0 Å². The van der Waals surface area contributed by atoms with Crippen molar-refractivity contribution in [3.05, 3.63) is 48.6 Å². The zero-order valence-electron chi connectivity index (χ0n) is 23.3. The van der Waals surface area contributed by atoms with Gasteiger partial charge in [0.1, 0.15) is 6.10 Å². The third-order valence-electron chi connectivity index (χ3n) is 8.22. The van der Waals surface area contributed by atoms with Crippen molar-refractivity contribution in [3.63, 3.8) is 0 Å². The molecule has 6 atom stereocenters. The van der Waals surface area contributed by atoms with E-state index in [-0.39, 0.29) is 29.4 Å². The molecule has 0 spiro atoms. The Bertz CT molecular complexity index is 886. The molecular formula is C28H45NO6Si. The standard InChI is InChI=1S/C28H45NO6Si/c1-10-28(18-23(30)29(5)6)21(16-17-33-36(8,9)27(2,3)4)26(31-7)34-22-19-32-25(35-24(22)28)20-14-12-11-13-15-20/h10-15,21-22,24-26H,1,16-19H2,2-9H3/t21-,22+,24+,25?,26-,28+/m0/s1. The number of nitrogens with zero attached hydrogens (tertiary/aromatic N) is 1. The average Bonchev–Trinajstić information content (AvgIpc) is 2.84. The Hall–Kier alpha value is -1.55. The van der Waals surface area contributed by atoms with E-state index < -0.39 is 32.4 Å². The van der Waals surface area contributed by atoms with Crippen LogP contribution >= 0.6 is 0 Å². The second-order valence-corrected chi connectivity index (χ2v) is 16.5. The number of hydrogen-bond donors (Lipinski definition) is 0. The average molecular weight is 520 g/mol. The van der Waals surface area contributed by atoms with Crippen LogP contribution in [0.5, 0.6) is 0 Å². The summed E-state index contributed by atoms with van der Waals surface area (Å²) in [6.45, 7) is 16.3. The van der Waals surface area contributed by atoms with Gasteiger partial charge in [-0.3, -0.25) is 4.79 Å². The summed E-state index contributed by atoms with van der Waals surface area (Å²) in [4.78, 5) is 14.8. The first kappa shape index (κ1) is 29.0. The van der Waals surface area contributed by atoms with E-state index in [1.807, 2.05) is 36.4 Å². The van der Waals surface area contributed by atoms with Crippen molar-refractivity contribution in [1.82, 2.24) is 4.90 Å². The summed E-state index contributed by atoms with van der Waals surface area (Å²) >= 11 is 0. The molecule has 2 aliphatic heterocycles. The Morgan fingerprint density at radius 3 is 2.44 bits per heavy atom. The molecule has 36 heavy (non-hydrogen) atoms. The SMILES string of the molecule is C=C[C@]1(CC(=O)N(C)C)[C@@H]2OC(c3ccccc3)OC[C@H]2O[C@H](OC)[C@@H]1CCO[Si](C)(C)C(C)(C)C. The molecule has 0 aromatic heterocycles. The van der Waals surface area contributed by atoms with Gasteiger partial charge in [0.2, 0.25) is 5.91 Å². The Balaban J connectivity index is 1.95. The maximum absolute atomic E-state index is 13.2. The normalized spacial score (nSPS) is 30.9. The summed E-state index contributed by atoms with van der Waals surface area (Å²) in [5.74, 6) is -0.184. The van der Waals surface area contributed by atoms with Crippen LogP contribution in [0.4, 0.5) is 0 Å². The van der Waals surface area contributed by atoms with E-state index in [1.54, 1.807) is 26.1 Å². The minimum atomic E-state index is -1.95. The Labute approximate surface area is 218 Å². The highest BCUT2D eigenvalue weighted by Gasteiger charge is 2.58. The molecule has 0 radical (unpaired) electrons. The van der Waals surface area contributed by atoms with Crippen LogP contribution in [0.25, 0.3) is 0 Å². The first-order valence-electron chi connectivity index (χ1n) is 12.8. The predicted molar refractivity (Wildman–Crippen MR) is 143 cm³/mol. The molecule has 8 heteroatoms. The van der Waals surface area contributed by atoms with Crippen molar-refractivity contribution in [2.24, 2.45) is 11.3 Å². The first-order valence-corrected chi connectivity index (χ1v) is 15.7. The van der Waals surface area contributed by atoms with Crippen LogP contribution in [0.2, 0.25) is 18.1 Å². The van der Waals surface area contributed by atoms with Gasteiger partial charge in [-0.2, -0.15) is 0 Å². The number of rotatable bonds is 9. The fourth-order valence-corrected chi connectivity index (χ4v) is 5.96. The minimum absolute atomic E-state index is 0.00655. The van der Waals surface area contributed by atoms with E-state index in [4.69, 9.17) is 23.4 Å². The molecule has 1 amide bonds. The summed E-state index contributed by atoms with van der Waals surface area (Å²) in [6.07, 6.45) is 0.880. The van der Waals surface area contributed by atoms with Crippen LogP contribution in [0.1, 0.15) is 45.5 Å². The van der Waals surface area contributed by atoms with Gasteiger partial charge in [0.25, 0.3) is 0 Å². The fourth-order valence-electron chi connectivity index (χ4n) is 4.90. The number of carbonyl (C=O) groups is 1. The molecule has 0 N–H and O–H groups in total. The molecule has 2 fully saturated rings. The van der Waals surface area contributed by atoms with Crippen LogP contribution < -0.4 is 0 Å².